The van der Waals surface area contributed by atoms with E-state index in [0.29, 0.717) is 5.13 Å². The second-order valence-electron chi connectivity index (χ2n) is 4.54. The molecule has 3 N–H and O–H groups in total. The first-order chi connectivity index (χ1) is 8.22. The van der Waals surface area contributed by atoms with E-state index >= 15 is 0 Å². The number of carbonyl (C=O) groups is 1. The summed E-state index contributed by atoms with van der Waals surface area (Å²) in [6.45, 7) is 2.25. The summed E-state index contributed by atoms with van der Waals surface area (Å²) in [4.78, 5) is 17.0. The van der Waals surface area contributed by atoms with E-state index in [1.54, 1.807) is 11.3 Å². The number of thiazole rings is 1. The van der Waals surface area contributed by atoms with Gasteiger partial charge in [-0.15, -0.1) is 23.7 Å². The molecule has 0 saturated carbocycles. The number of carbonyl (C=O) groups excluding carboxylic acids is 1. The number of halogens is 1. The molecule has 1 unspecified atom stereocenters. The van der Waals surface area contributed by atoms with Crippen LogP contribution in [0.4, 0.5) is 5.13 Å². The van der Waals surface area contributed by atoms with E-state index in [1.807, 2.05) is 0 Å². The number of rotatable bonds is 4. The molecule has 0 aliphatic heterocycles. The number of amides is 1. The Morgan fingerprint density at radius 1 is 1.61 bits per heavy atom. The standard InChI is InChI=1S/C12H19N3OS.ClH/c1-2-3-8-4-5-9-10(6-8)17-12(14-9)15-11(16)7-13;/h8H,2-7,13H2,1H3,(H,14,15,16);1H. The largest absolute Gasteiger partial charge is 0.322 e. The molecule has 1 aliphatic rings. The van der Waals surface area contributed by atoms with Gasteiger partial charge in [0, 0.05) is 4.88 Å². The Bertz CT molecular complexity index is 408. The molecule has 1 aromatic heterocycles. The lowest BCUT2D eigenvalue weighted by Gasteiger charge is -2.19. The molecule has 102 valence electrons. The molecule has 1 amide bonds. The number of fused-ring (bicyclic) bond motifs is 1. The number of hydrogen-bond donors (Lipinski definition) is 2. The van der Waals surface area contributed by atoms with Crippen molar-refractivity contribution in [2.75, 3.05) is 11.9 Å². The minimum atomic E-state index is -0.166. The maximum Gasteiger partial charge on any atom is 0.239 e. The fourth-order valence-corrected chi connectivity index (χ4v) is 3.46. The molecule has 0 aromatic carbocycles. The Balaban J connectivity index is 0.00000162. The SMILES string of the molecule is CCCC1CCc2nc(NC(=O)CN)sc2C1.Cl. The molecule has 1 atom stereocenters. The van der Waals surface area contributed by atoms with Gasteiger partial charge in [0.15, 0.2) is 5.13 Å². The summed E-state index contributed by atoms with van der Waals surface area (Å²) in [5.74, 6) is 0.632. The Labute approximate surface area is 118 Å². The summed E-state index contributed by atoms with van der Waals surface area (Å²) < 4.78 is 0. The molecule has 0 saturated heterocycles. The molecule has 4 nitrogen and oxygen atoms in total. The van der Waals surface area contributed by atoms with E-state index in [4.69, 9.17) is 5.73 Å². The third kappa shape index (κ3) is 3.67. The quantitative estimate of drug-likeness (QED) is 0.894. The van der Waals surface area contributed by atoms with Crippen molar-refractivity contribution >= 4 is 34.8 Å². The molecule has 1 aliphatic carbocycles. The monoisotopic (exact) mass is 289 g/mol. The van der Waals surface area contributed by atoms with Gasteiger partial charge in [0.1, 0.15) is 0 Å². The predicted octanol–water partition coefficient (Wildman–Crippen LogP) is 2.37. The van der Waals surface area contributed by atoms with Crippen LogP contribution >= 0.6 is 23.7 Å². The molecule has 0 radical (unpaired) electrons. The zero-order valence-corrected chi connectivity index (χ0v) is 12.2. The maximum atomic E-state index is 11.2. The van der Waals surface area contributed by atoms with E-state index in [-0.39, 0.29) is 24.9 Å². The van der Waals surface area contributed by atoms with Gasteiger partial charge in [0.2, 0.25) is 5.91 Å². The molecule has 18 heavy (non-hydrogen) atoms. The Morgan fingerprint density at radius 2 is 2.39 bits per heavy atom. The highest BCUT2D eigenvalue weighted by molar-refractivity contribution is 7.15. The summed E-state index contributed by atoms with van der Waals surface area (Å²) in [6.07, 6.45) is 5.95. The molecule has 2 rings (SSSR count). The summed E-state index contributed by atoms with van der Waals surface area (Å²) in [7, 11) is 0. The number of aromatic nitrogens is 1. The number of nitrogens with two attached hydrogens (primary N) is 1. The molecule has 0 bridgehead atoms. The van der Waals surface area contributed by atoms with Gasteiger partial charge in [-0.1, -0.05) is 19.8 Å². The van der Waals surface area contributed by atoms with Crippen molar-refractivity contribution in [2.24, 2.45) is 11.7 Å². The maximum absolute atomic E-state index is 11.2. The van der Waals surface area contributed by atoms with Gasteiger partial charge in [-0.05, 0) is 25.2 Å². The summed E-state index contributed by atoms with van der Waals surface area (Å²) in [6, 6.07) is 0. The highest BCUT2D eigenvalue weighted by Gasteiger charge is 2.22. The molecule has 0 spiro atoms. The lowest BCUT2D eigenvalue weighted by Crippen LogP contribution is -2.21. The van der Waals surface area contributed by atoms with Crippen LogP contribution in [0, 0.1) is 5.92 Å². The lowest BCUT2D eigenvalue weighted by molar-refractivity contribution is -0.114. The van der Waals surface area contributed by atoms with Crippen LogP contribution in [0.15, 0.2) is 0 Å². The van der Waals surface area contributed by atoms with Gasteiger partial charge in [0.25, 0.3) is 0 Å². The van der Waals surface area contributed by atoms with Gasteiger partial charge in [-0.3, -0.25) is 4.79 Å². The normalized spacial score (nSPS) is 17.8. The van der Waals surface area contributed by atoms with Crippen molar-refractivity contribution in [1.29, 1.82) is 0 Å². The summed E-state index contributed by atoms with van der Waals surface area (Å²) in [5, 5.41) is 3.45. The van der Waals surface area contributed by atoms with Crippen LogP contribution in [0.2, 0.25) is 0 Å². The summed E-state index contributed by atoms with van der Waals surface area (Å²) in [5.41, 5.74) is 6.44. The van der Waals surface area contributed by atoms with Gasteiger partial charge in [0.05, 0.1) is 12.2 Å². The van der Waals surface area contributed by atoms with E-state index in [9.17, 15) is 4.79 Å². The van der Waals surface area contributed by atoms with Crippen LogP contribution in [0.5, 0.6) is 0 Å². The van der Waals surface area contributed by atoms with Crippen molar-refractivity contribution in [3.8, 4) is 0 Å². The number of nitrogens with zero attached hydrogens (tertiary/aromatic N) is 1. The second-order valence-corrected chi connectivity index (χ2v) is 5.62. The first-order valence-electron chi connectivity index (χ1n) is 6.21. The topological polar surface area (TPSA) is 68.0 Å². The molecule has 1 heterocycles. The number of aryl methyl sites for hydroxylation is 1. The molecule has 6 heteroatoms. The van der Waals surface area contributed by atoms with Crippen molar-refractivity contribution in [3.63, 3.8) is 0 Å². The number of anilines is 1. The van der Waals surface area contributed by atoms with E-state index in [1.165, 1.54) is 29.8 Å². The van der Waals surface area contributed by atoms with Crippen LogP contribution in [0.1, 0.15) is 36.8 Å². The average molecular weight is 290 g/mol. The smallest absolute Gasteiger partial charge is 0.239 e. The van der Waals surface area contributed by atoms with Gasteiger partial charge in [-0.25, -0.2) is 4.98 Å². The highest BCUT2D eigenvalue weighted by Crippen LogP contribution is 2.33. The minimum Gasteiger partial charge on any atom is -0.322 e. The third-order valence-electron chi connectivity index (χ3n) is 3.17. The van der Waals surface area contributed by atoms with Crippen LogP contribution < -0.4 is 11.1 Å². The van der Waals surface area contributed by atoms with E-state index in [0.717, 1.165) is 18.8 Å². The lowest BCUT2D eigenvalue weighted by atomic mass is 9.88. The minimum absolute atomic E-state index is 0. The zero-order valence-electron chi connectivity index (χ0n) is 10.6. The molecular formula is C12H20ClN3OS. The fraction of sp³-hybridized carbons (Fsp3) is 0.667. The van der Waals surface area contributed by atoms with E-state index in [2.05, 4.69) is 17.2 Å². The van der Waals surface area contributed by atoms with Crippen LogP contribution in [-0.4, -0.2) is 17.4 Å². The van der Waals surface area contributed by atoms with Crippen molar-refractivity contribution in [3.05, 3.63) is 10.6 Å². The van der Waals surface area contributed by atoms with Crippen LogP contribution in [0.3, 0.4) is 0 Å². The zero-order chi connectivity index (χ0) is 12.3. The summed E-state index contributed by atoms with van der Waals surface area (Å²) >= 11 is 1.61. The van der Waals surface area contributed by atoms with Crippen molar-refractivity contribution in [1.82, 2.24) is 4.98 Å². The molecular weight excluding hydrogens is 270 g/mol. The first-order valence-corrected chi connectivity index (χ1v) is 7.03. The van der Waals surface area contributed by atoms with Crippen LogP contribution in [0.25, 0.3) is 0 Å². The predicted molar refractivity (Wildman–Crippen MR) is 77.5 cm³/mol. The number of nitrogens with one attached hydrogen (secondary N) is 1. The Morgan fingerprint density at radius 3 is 3.06 bits per heavy atom. The molecule has 1 aromatic rings. The van der Waals surface area contributed by atoms with Gasteiger partial charge < -0.3 is 11.1 Å². The average Bonchev–Trinajstić information content (AvgIpc) is 2.70. The first kappa shape index (κ1) is 15.4. The highest BCUT2D eigenvalue weighted by atomic mass is 35.5. The van der Waals surface area contributed by atoms with Crippen LogP contribution in [-0.2, 0) is 17.6 Å². The third-order valence-corrected chi connectivity index (χ3v) is 4.21. The van der Waals surface area contributed by atoms with Gasteiger partial charge in [-0.2, -0.15) is 0 Å². The fourth-order valence-electron chi connectivity index (χ4n) is 2.32. The Hall–Kier alpha value is -0.650. The van der Waals surface area contributed by atoms with Crippen molar-refractivity contribution in [2.45, 2.75) is 39.0 Å². The van der Waals surface area contributed by atoms with Gasteiger partial charge >= 0.3 is 0 Å². The molecule has 0 fully saturated rings. The number of hydrogen-bond acceptors (Lipinski definition) is 4. The van der Waals surface area contributed by atoms with Crippen molar-refractivity contribution < 1.29 is 4.79 Å². The van der Waals surface area contributed by atoms with E-state index < -0.39 is 0 Å². The second kappa shape index (κ2) is 7.07. The Kier molecular flexibility index (Phi) is 6.05.